The van der Waals surface area contributed by atoms with Crippen molar-refractivity contribution in [3.63, 3.8) is 0 Å². The molecule has 1 fully saturated rings. The van der Waals surface area contributed by atoms with Gasteiger partial charge in [-0.05, 0) is 49.9 Å². The Morgan fingerprint density at radius 3 is 2.66 bits per heavy atom. The zero-order valence-corrected chi connectivity index (χ0v) is 19.9. The maximum absolute atomic E-state index is 13.4. The van der Waals surface area contributed by atoms with Crippen molar-refractivity contribution >= 4 is 33.8 Å². The van der Waals surface area contributed by atoms with Crippen molar-refractivity contribution in [1.82, 2.24) is 9.80 Å². The van der Waals surface area contributed by atoms with Crippen LogP contribution in [0.25, 0.3) is 0 Å². The Hall–Kier alpha value is -2.42. The van der Waals surface area contributed by atoms with Gasteiger partial charge < -0.3 is 20.3 Å². The highest BCUT2D eigenvalue weighted by Crippen LogP contribution is 2.40. The number of amides is 2. The molecule has 4 rings (SSSR count). The van der Waals surface area contributed by atoms with Crippen molar-refractivity contribution in [2.75, 3.05) is 57.5 Å². The Morgan fingerprint density at radius 2 is 1.91 bits per heavy atom. The van der Waals surface area contributed by atoms with Crippen LogP contribution in [0.15, 0.2) is 24.3 Å². The van der Waals surface area contributed by atoms with Gasteiger partial charge in [-0.15, -0.1) is 11.3 Å². The molecule has 8 heteroatoms. The van der Waals surface area contributed by atoms with Gasteiger partial charge in [0.05, 0.1) is 24.9 Å². The number of nitrogens with zero attached hydrogens (tertiary/aromatic N) is 2. The Labute approximate surface area is 193 Å². The smallest absolute Gasteiger partial charge is 0.259 e. The Morgan fingerprint density at radius 1 is 1.16 bits per heavy atom. The minimum absolute atomic E-state index is 0.0625. The third kappa shape index (κ3) is 5.14. The third-order valence-electron chi connectivity index (χ3n) is 6.31. The number of nitrogens with one attached hydrogen (secondary N) is 2. The number of fused-ring (bicyclic) bond motifs is 1. The summed E-state index contributed by atoms with van der Waals surface area (Å²) in [6.45, 7) is 6.27. The number of hydrogen-bond donors (Lipinski definition) is 2. The normalized spacial score (nSPS) is 19.3. The summed E-state index contributed by atoms with van der Waals surface area (Å²) >= 11 is 1.55. The minimum atomic E-state index is -0.198. The van der Waals surface area contributed by atoms with E-state index in [0.29, 0.717) is 34.5 Å². The summed E-state index contributed by atoms with van der Waals surface area (Å²) in [5.41, 5.74) is 2.31. The van der Waals surface area contributed by atoms with Gasteiger partial charge in [0.25, 0.3) is 5.91 Å². The molecule has 0 bridgehead atoms. The first kappa shape index (κ1) is 22.8. The van der Waals surface area contributed by atoms with Crippen LogP contribution in [0.4, 0.5) is 10.7 Å². The van der Waals surface area contributed by atoms with Crippen LogP contribution in [-0.4, -0.2) is 68.5 Å². The molecule has 1 unspecified atom stereocenters. The average molecular weight is 457 g/mol. The lowest BCUT2D eigenvalue weighted by Crippen LogP contribution is -2.47. The molecule has 0 radical (unpaired) electrons. The van der Waals surface area contributed by atoms with Crippen LogP contribution in [0.5, 0.6) is 5.75 Å². The fourth-order valence-electron chi connectivity index (χ4n) is 4.39. The average Bonchev–Trinajstić information content (AvgIpc) is 3.12. The van der Waals surface area contributed by atoms with Gasteiger partial charge in [-0.25, -0.2) is 0 Å². The highest BCUT2D eigenvalue weighted by atomic mass is 32.1. The fraction of sp³-hybridized carbons (Fsp3) is 0.500. The summed E-state index contributed by atoms with van der Waals surface area (Å²) in [6, 6.07) is 7.37. The van der Waals surface area contributed by atoms with Crippen molar-refractivity contribution in [3.8, 4) is 5.75 Å². The van der Waals surface area contributed by atoms with Gasteiger partial charge in [0.1, 0.15) is 10.8 Å². The van der Waals surface area contributed by atoms with Crippen molar-refractivity contribution in [2.24, 2.45) is 5.92 Å². The predicted molar refractivity (Wildman–Crippen MR) is 129 cm³/mol. The molecule has 1 aliphatic carbocycles. The molecular formula is C24H32N4O3S. The SMILES string of the molecule is COc1ccccc1NC(=O)c1c(NC(=O)CN2CCN(C)CC2)sc2c1CCC(C)C2. The lowest BCUT2D eigenvalue weighted by Gasteiger charge is -2.31. The van der Waals surface area contributed by atoms with Gasteiger partial charge in [0, 0.05) is 31.1 Å². The second kappa shape index (κ2) is 10.0. The maximum atomic E-state index is 13.4. The Kier molecular flexibility index (Phi) is 7.13. The molecule has 2 N–H and O–H groups in total. The van der Waals surface area contributed by atoms with Gasteiger partial charge in [-0.1, -0.05) is 19.1 Å². The standard InChI is InChI=1S/C24H32N4O3S/c1-16-8-9-17-20(14-16)32-24(26-21(29)15-28-12-10-27(2)11-13-28)22(17)23(30)25-18-6-4-5-7-19(18)31-3/h4-7,16H,8-15H2,1-3H3,(H,25,30)(H,26,29). The molecule has 7 nitrogen and oxygen atoms in total. The largest absolute Gasteiger partial charge is 0.495 e. The lowest BCUT2D eigenvalue weighted by atomic mass is 9.88. The van der Waals surface area contributed by atoms with E-state index >= 15 is 0 Å². The number of anilines is 2. The number of likely N-dealkylation sites (N-methyl/N-ethyl adjacent to an activating group) is 1. The highest BCUT2D eigenvalue weighted by Gasteiger charge is 2.29. The van der Waals surface area contributed by atoms with Gasteiger partial charge in [0.15, 0.2) is 0 Å². The number of benzene rings is 1. The van der Waals surface area contributed by atoms with E-state index in [1.807, 2.05) is 24.3 Å². The number of ether oxygens (including phenoxy) is 1. The number of piperazine rings is 1. The number of carbonyl (C=O) groups excluding carboxylic acids is 2. The van der Waals surface area contributed by atoms with Crippen LogP contribution < -0.4 is 15.4 Å². The van der Waals surface area contributed by atoms with Crippen LogP contribution in [0.1, 0.15) is 34.1 Å². The zero-order valence-electron chi connectivity index (χ0n) is 19.1. The number of rotatable bonds is 6. The number of para-hydroxylation sites is 2. The molecule has 1 aromatic heterocycles. The molecule has 1 atom stereocenters. The fourth-order valence-corrected chi connectivity index (χ4v) is 5.81. The van der Waals surface area contributed by atoms with Crippen LogP contribution in [0.3, 0.4) is 0 Å². The number of methoxy groups -OCH3 is 1. The van der Waals surface area contributed by atoms with Crippen LogP contribution in [0.2, 0.25) is 0 Å². The summed E-state index contributed by atoms with van der Waals surface area (Å²) in [5.74, 6) is 0.934. The number of hydrogen-bond acceptors (Lipinski definition) is 6. The molecule has 2 amide bonds. The van der Waals surface area contributed by atoms with Gasteiger partial charge in [-0.3, -0.25) is 14.5 Å². The zero-order chi connectivity index (χ0) is 22.7. The summed E-state index contributed by atoms with van der Waals surface area (Å²) in [4.78, 5) is 31.9. The van der Waals surface area contributed by atoms with E-state index in [9.17, 15) is 9.59 Å². The van der Waals surface area contributed by atoms with Crippen molar-refractivity contribution in [1.29, 1.82) is 0 Å². The summed E-state index contributed by atoms with van der Waals surface area (Å²) in [5, 5.41) is 6.73. The topological polar surface area (TPSA) is 73.9 Å². The molecule has 2 heterocycles. The van der Waals surface area contributed by atoms with Crippen LogP contribution in [0, 0.1) is 5.92 Å². The number of thiophene rings is 1. The van der Waals surface area contributed by atoms with Crippen molar-refractivity contribution in [2.45, 2.75) is 26.2 Å². The van der Waals surface area contributed by atoms with Crippen LogP contribution >= 0.6 is 11.3 Å². The van der Waals surface area contributed by atoms with Crippen molar-refractivity contribution < 1.29 is 14.3 Å². The third-order valence-corrected chi connectivity index (χ3v) is 7.48. The quantitative estimate of drug-likeness (QED) is 0.698. The first-order valence-corrected chi connectivity index (χ1v) is 12.1. The summed E-state index contributed by atoms with van der Waals surface area (Å²) in [7, 11) is 3.68. The molecule has 32 heavy (non-hydrogen) atoms. The van der Waals surface area contributed by atoms with E-state index in [2.05, 4.69) is 34.4 Å². The summed E-state index contributed by atoms with van der Waals surface area (Å²) in [6.07, 6.45) is 2.85. The van der Waals surface area contributed by atoms with E-state index in [1.165, 1.54) is 4.88 Å². The van der Waals surface area contributed by atoms with Gasteiger partial charge in [-0.2, -0.15) is 0 Å². The van der Waals surface area contributed by atoms with E-state index in [0.717, 1.165) is 51.0 Å². The van der Waals surface area contributed by atoms with Crippen molar-refractivity contribution in [3.05, 3.63) is 40.3 Å². The van der Waals surface area contributed by atoms with Gasteiger partial charge >= 0.3 is 0 Å². The Bertz CT molecular complexity index is 982. The first-order chi connectivity index (χ1) is 15.4. The molecule has 1 aromatic carbocycles. The molecule has 0 spiro atoms. The molecule has 172 valence electrons. The maximum Gasteiger partial charge on any atom is 0.259 e. The molecule has 2 aromatic rings. The van der Waals surface area contributed by atoms with Gasteiger partial charge in [0.2, 0.25) is 5.91 Å². The summed E-state index contributed by atoms with van der Waals surface area (Å²) < 4.78 is 5.39. The second-order valence-electron chi connectivity index (χ2n) is 8.84. The van der Waals surface area contributed by atoms with E-state index < -0.39 is 0 Å². The molecule has 0 saturated carbocycles. The second-order valence-corrected chi connectivity index (χ2v) is 9.94. The molecule has 2 aliphatic rings. The predicted octanol–water partition coefficient (Wildman–Crippen LogP) is 3.32. The Balaban J connectivity index is 1.55. The first-order valence-electron chi connectivity index (χ1n) is 11.2. The van der Waals surface area contributed by atoms with E-state index in [-0.39, 0.29) is 11.8 Å². The molecule has 1 aliphatic heterocycles. The molecule has 1 saturated heterocycles. The molecular weight excluding hydrogens is 424 g/mol. The lowest BCUT2D eigenvalue weighted by molar-refractivity contribution is -0.117. The number of carbonyl (C=O) groups is 2. The monoisotopic (exact) mass is 456 g/mol. The van der Waals surface area contributed by atoms with E-state index in [4.69, 9.17) is 4.74 Å². The van der Waals surface area contributed by atoms with Crippen LogP contribution in [-0.2, 0) is 17.6 Å². The minimum Gasteiger partial charge on any atom is -0.495 e. The highest BCUT2D eigenvalue weighted by molar-refractivity contribution is 7.17. The van der Waals surface area contributed by atoms with E-state index in [1.54, 1.807) is 18.4 Å².